The van der Waals surface area contributed by atoms with Crippen LogP contribution in [0.2, 0.25) is 0 Å². The number of rotatable bonds is 9. The quantitative estimate of drug-likeness (QED) is 0.715. The first-order valence-corrected chi connectivity index (χ1v) is 7.77. The zero-order valence-electron chi connectivity index (χ0n) is 14.3. The van der Waals surface area contributed by atoms with Crippen LogP contribution in [0.1, 0.15) is 23.3 Å². The van der Waals surface area contributed by atoms with Crippen molar-refractivity contribution in [2.24, 2.45) is 0 Å². The van der Waals surface area contributed by atoms with Crippen LogP contribution in [0.25, 0.3) is 0 Å². The fraction of sp³-hybridized carbons (Fsp3) is 0.368. The molecule has 0 bridgehead atoms. The summed E-state index contributed by atoms with van der Waals surface area (Å²) in [6.45, 7) is 0.787. The molecule has 130 valence electrons. The number of aliphatic hydroxyl groups excluding tert-OH is 1. The predicted molar refractivity (Wildman–Crippen MR) is 91.5 cm³/mol. The molecule has 0 radical (unpaired) electrons. The van der Waals surface area contributed by atoms with Gasteiger partial charge in [-0.3, -0.25) is 0 Å². The topological polar surface area (TPSA) is 57.2 Å². The summed E-state index contributed by atoms with van der Waals surface area (Å²) in [5.74, 6) is 1.27. The molecule has 2 rings (SSSR count). The predicted octanol–water partition coefficient (Wildman–Crippen LogP) is 3.14. The molecule has 0 heterocycles. The van der Waals surface area contributed by atoms with Gasteiger partial charge >= 0.3 is 0 Å². The Labute approximate surface area is 142 Å². The standard InChI is InChI=1S/C19H24O5/c1-21-12-13-24-19(15-9-5-7-11-17(15)23-3)18(20)14-8-4-6-10-16(14)22-2/h4-11,18-20H,12-13H2,1-3H3/t18-,19+/m1/s1. The summed E-state index contributed by atoms with van der Waals surface area (Å²) in [6.07, 6.45) is -1.51. The van der Waals surface area contributed by atoms with E-state index in [9.17, 15) is 5.11 Å². The highest BCUT2D eigenvalue weighted by Gasteiger charge is 2.28. The fourth-order valence-electron chi connectivity index (χ4n) is 2.58. The van der Waals surface area contributed by atoms with Crippen molar-refractivity contribution in [2.75, 3.05) is 34.5 Å². The molecule has 2 aromatic carbocycles. The van der Waals surface area contributed by atoms with E-state index >= 15 is 0 Å². The van der Waals surface area contributed by atoms with Gasteiger partial charge in [0.1, 0.15) is 23.7 Å². The van der Waals surface area contributed by atoms with Crippen LogP contribution < -0.4 is 9.47 Å². The molecule has 0 saturated heterocycles. The van der Waals surface area contributed by atoms with Gasteiger partial charge in [-0.15, -0.1) is 0 Å². The van der Waals surface area contributed by atoms with Crippen molar-refractivity contribution >= 4 is 0 Å². The van der Waals surface area contributed by atoms with Crippen LogP contribution in [-0.4, -0.2) is 39.6 Å². The van der Waals surface area contributed by atoms with Crippen molar-refractivity contribution in [3.8, 4) is 11.5 Å². The minimum atomic E-state index is -0.908. The summed E-state index contributed by atoms with van der Waals surface area (Å²) in [6, 6.07) is 14.8. The molecule has 2 aromatic rings. The van der Waals surface area contributed by atoms with E-state index in [4.69, 9.17) is 18.9 Å². The Hall–Kier alpha value is -2.08. The number of aliphatic hydroxyl groups is 1. The number of benzene rings is 2. The molecule has 24 heavy (non-hydrogen) atoms. The van der Waals surface area contributed by atoms with Gasteiger partial charge in [-0.25, -0.2) is 0 Å². The number of hydrogen-bond acceptors (Lipinski definition) is 5. The molecule has 0 unspecified atom stereocenters. The monoisotopic (exact) mass is 332 g/mol. The van der Waals surface area contributed by atoms with Crippen molar-refractivity contribution in [2.45, 2.75) is 12.2 Å². The first kappa shape index (κ1) is 18.3. The molecule has 5 heteroatoms. The van der Waals surface area contributed by atoms with E-state index in [1.807, 2.05) is 48.5 Å². The smallest absolute Gasteiger partial charge is 0.124 e. The molecule has 1 N–H and O–H groups in total. The van der Waals surface area contributed by atoms with Crippen LogP contribution in [0, 0.1) is 0 Å². The van der Waals surface area contributed by atoms with Crippen LogP contribution in [-0.2, 0) is 9.47 Å². The molecule has 0 aliphatic rings. The van der Waals surface area contributed by atoms with Gasteiger partial charge in [0.25, 0.3) is 0 Å². The molecule has 5 nitrogen and oxygen atoms in total. The van der Waals surface area contributed by atoms with Crippen molar-refractivity contribution in [3.63, 3.8) is 0 Å². The number of ether oxygens (including phenoxy) is 4. The molecule has 0 aliphatic carbocycles. The molecule has 0 fully saturated rings. The summed E-state index contributed by atoms with van der Waals surface area (Å²) in [4.78, 5) is 0. The average molecular weight is 332 g/mol. The molecule has 0 aliphatic heterocycles. The second-order valence-electron chi connectivity index (χ2n) is 5.21. The minimum absolute atomic E-state index is 0.353. The van der Waals surface area contributed by atoms with Gasteiger partial charge in [0.05, 0.1) is 27.4 Å². The summed E-state index contributed by atoms with van der Waals surface area (Å²) in [5, 5.41) is 11.0. The number of para-hydroxylation sites is 2. The van der Waals surface area contributed by atoms with Gasteiger partial charge in [0, 0.05) is 18.2 Å². The maximum Gasteiger partial charge on any atom is 0.124 e. The van der Waals surface area contributed by atoms with Crippen LogP contribution in [0.4, 0.5) is 0 Å². The first-order valence-electron chi connectivity index (χ1n) is 7.77. The molecule has 2 atom stereocenters. The Bertz CT molecular complexity index is 629. The van der Waals surface area contributed by atoms with Gasteiger partial charge in [-0.2, -0.15) is 0 Å². The number of hydrogen-bond donors (Lipinski definition) is 1. The zero-order chi connectivity index (χ0) is 17.4. The molecule has 0 aromatic heterocycles. The summed E-state index contributed by atoms with van der Waals surface area (Å²) in [7, 11) is 4.79. The fourth-order valence-corrected chi connectivity index (χ4v) is 2.58. The average Bonchev–Trinajstić information content (AvgIpc) is 2.64. The van der Waals surface area contributed by atoms with E-state index in [1.165, 1.54) is 0 Å². The highest BCUT2D eigenvalue weighted by molar-refractivity contribution is 5.40. The lowest BCUT2D eigenvalue weighted by Gasteiger charge is -2.26. The van der Waals surface area contributed by atoms with Gasteiger partial charge in [-0.1, -0.05) is 36.4 Å². The largest absolute Gasteiger partial charge is 0.496 e. The molecule has 0 saturated carbocycles. The SMILES string of the molecule is COCCO[C@@H](c1ccccc1OC)[C@H](O)c1ccccc1OC. The summed E-state index contributed by atoms with van der Waals surface area (Å²) < 4.78 is 21.8. The Morgan fingerprint density at radius 2 is 1.33 bits per heavy atom. The van der Waals surface area contributed by atoms with Crippen LogP contribution >= 0.6 is 0 Å². The van der Waals surface area contributed by atoms with Crippen LogP contribution in [0.5, 0.6) is 11.5 Å². The van der Waals surface area contributed by atoms with E-state index in [0.717, 1.165) is 5.56 Å². The summed E-state index contributed by atoms with van der Waals surface area (Å²) in [5.41, 5.74) is 1.43. The molecule has 0 spiro atoms. The molecular weight excluding hydrogens is 308 g/mol. The van der Waals surface area contributed by atoms with Crippen LogP contribution in [0.3, 0.4) is 0 Å². The number of methoxy groups -OCH3 is 3. The lowest BCUT2D eigenvalue weighted by molar-refractivity contribution is -0.0568. The third-order valence-electron chi connectivity index (χ3n) is 3.77. The minimum Gasteiger partial charge on any atom is -0.496 e. The lowest BCUT2D eigenvalue weighted by Crippen LogP contribution is -2.18. The Balaban J connectivity index is 2.38. The summed E-state index contributed by atoms with van der Waals surface area (Å²) >= 11 is 0. The Morgan fingerprint density at radius 1 is 0.792 bits per heavy atom. The van der Waals surface area contributed by atoms with Crippen molar-refractivity contribution < 1.29 is 24.1 Å². The highest BCUT2D eigenvalue weighted by atomic mass is 16.5. The van der Waals surface area contributed by atoms with E-state index in [1.54, 1.807) is 21.3 Å². The van der Waals surface area contributed by atoms with E-state index in [2.05, 4.69) is 0 Å². The maximum absolute atomic E-state index is 11.0. The molecular formula is C19H24O5. The first-order chi connectivity index (χ1) is 11.7. The van der Waals surface area contributed by atoms with Gasteiger partial charge in [-0.05, 0) is 12.1 Å². The van der Waals surface area contributed by atoms with Gasteiger partial charge < -0.3 is 24.1 Å². The Morgan fingerprint density at radius 3 is 1.92 bits per heavy atom. The lowest BCUT2D eigenvalue weighted by atomic mass is 9.96. The van der Waals surface area contributed by atoms with E-state index in [0.29, 0.717) is 30.3 Å². The van der Waals surface area contributed by atoms with Crippen LogP contribution in [0.15, 0.2) is 48.5 Å². The molecule has 0 amide bonds. The van der Waals surface area contributed by atoms with Gasteiger partial charge in [0.15, 0.2) is 0 Å². The second-order valence-corrected chi connectivity index (χ2v) is 5.21. The van der Waals surface area contributed by atoms with Crippen molar-refractivity contribution in [3.05, 3.63) is 59.7 Å². The second kappa shape index (κ2) is 9.27. The maximum atomic E-state index is 11.0. The van der Waals surface area contributed by atoms with Crippen molar-refractivity contribution in [1.29, 1.82) is 0 Å². The van der Waals surface area contributed by atoms with E-state index < -0.39 is 12.2 Å². The Kier molecular flexibility index (Phi) is 7.06. The van der Waals surface area contributed by atoms with Gasteiger partial charge in [0.2, 0.25) is 0 Å². The van der Waals surface area contributed by atoms with Crippen molar-refractivity contribution in [1.82, 2.24) is 0 Å². The highest BCUT2D eigenvalue weighted by Crippen LogP contribution is 2.39. The third kappa shape index (κ3) is 4.26. The third-order valence-corrected chi connectivity index (χ3v) is 3.77. The van der Waals surface area contributed by atoms with E-state index in [-0.39, 0.29) is 0 Å². The zero-order valence-corrected chi connectivity index (χ0v) is 14.3. The normalized spacial score (nSPS) is 13.3.